The van der Waals surface area contributed by atoms with E-state index in [9.17, 15) is 0 Å². The molecule has 0 spiro atoms. The number of para-hydroxylation sites is 1. The van der Waals surface area contributed by atoms with Crippen LogP contribution in [-0.4, -0.2) is 16.0 Å². The zero-order chi connectivity index (χ0) is 19.2. The predicted octanol–water partition coefficient (Wildman–Crippen LogP) is 7.12. The van der Waals surface area contributed by atoms with Crippen LogP contribution in [0.2, 0.25) is 0 Å². The SMILES string of the molecule is [HH].[HH].c1ccc2c(Oc3ccc4nc(N[C@@H]5CC6CCC[C@@H]5C6)sc4c3)ccnc2c1. The molecule has 5 heteroatoms. The molecule has 2 aromatic heterocycles. The summed E-state index contributed by atoms with van der Waals surface area (Å²) in [5, 5.41) is 5.82. The van der Waals surface area contributed by atoms with Gasteiger partial charge in [0, 0.05) is 26.5 Å². The summed E-state index contributed by atoms with van der Waals surface area (Å²) in [6.45, 7) is 0. The van der Waals surface area contributed by atoms with E-state index in [0.717, 1.165) is 49.6 Å². The highest BCUT2D eigenvalue weighted by Gasteiger charge is 2.37. The van der Waals surface area contributed by atoms with Crippen molar-refractivity contribution in [1.82, 2.24) is 9.97 Å². The van der Waals surface area contributed by atoms with Gasteiger partial charge in [-0.3, -0.25) is 4.98 Å². The van der Waals surface area contributed by atoms with Crippen LogP contribution in [0.3, 0.4) is 0 Å². The molecule has 2 saturated carbocycles. The number of ether oxygens (including phenoxy) is 1. The minimum absolute atomic E-state index is 0. The Balaban J connectivity index is 0.00000116. The molecule has 2 heterocycles. The van der Waals surface area contributed by atoms with Gasteiger partial charge in [-0.1, -0.05) is 36.3 Å². The quantitative estimate of drug-likeness (QED) is 0.393. The van der Waals surface area contributed by atoms with E-state index in [1.165, 1.54) is 32.1 Å². The van der Waals surface area contributed by atoms with E-state index in [2.05, 4.69) is 22.4 Å². The second-order valence-electron chi connectivity index (χ2n) is 8.36. The predicted molar refractivity (Wildman–Crippen MR) is 123 cm³/mol. The molecule has 3 atom stereocenters. The highest BCUT2D eigenvalue weighted by molar-refractivity contribution is 7.22. The van der Waals surface area contributed by atoms with Crippen LogP contribution in [0.4, 0.5) is 5.13 Å². The maximum atomic E-state index is 6.22. The fraction of sp³-hybridized carbons (Fsp3) is 0.333. The van der Waals surface area contributed by atoms with E-state index in [0.29, 0.717) is 6.04 Å². The molecule has 2 bridgehead atoms. The number of hydrogen-bond acceptors (Lipinski definition) is 5. The average Bonchev–Trinajstić information content (AvgIpc) is 3.27. The Hall–Kier alpha value is -2.66. The Morgan fingerprint density at radius 2 is 2.00 bits per heavy atom. The second-order valence-corrected chi connectivity index (χ2v) is 9.39. The highest BCUT2D eigenvalue weighted by Crippen LogP contribution is 2.44. The molecule has 2 aromatic carbocycles. The Bertz CT molecular complexity index is 1190. The van der Waals surface area contributed by atoms with Crippen LogP contribution in [-0.2, 0) is 0 Å². The summed E-state index contributed by atoms with van der Waals surface area (Å²) in [6.07, 6.45) is 8.70. The third-order valence-corrected chi connectivity index (χ3v) is 7.43. The first kappa shape index (κ1) is 17.2. The van der Waals surface area contributed by atoms with Crippen LogP contribution in [0.15, 0.2) is 54.7 Å². The van der Waals surface area contributed by atoms with Gasteiger partial charge in [-0.05, 0) is 61.4 Å². The van der Waals surface area contributed by atoms with Crippen LogP contribution >= 0.6 is 11.3 Å². The third kappa shape index (κ3) is 3.23. The molecule has 0 amide bonds. The van der Waals surface area contributed by atoms with Crippen LogP contribution in [0, 0.1) is 11.8 Å². The number of rotatable bonds is 4. The molecule has 1 N–H and O–H groups in total. The summed E-state index contributed by atoms with van der Waals surface area (Å²) < 4.78 is 7.37. The van der Waals surface area contributed by atoms with Crippen LogP contribution in [0.1, 0.15) is 35.0 Å². The summed E-state index contributed by atoms with van der Waals surface area (Å²) in [7, 11) is 0. The number of thiazole rings is 1. The first-order chi connectivity index (χ1) is 14.3. The number of hydrogen-bond donors (Lipinski definition) is 1. The van der Waals surface area contributed by atoms with Crippen molar-refractivity contribution in [3.63, 3.8) is 0 Å². The van der Waals surface area contributed by atoms with Crippen molar-refractivity contribution in [2.45, 2.75) is 38.1 Å². The smallest absolute Gasteiger partial charge is 0.184 e. The average molecular weight is 406 g/mol. The van der Waals surface area contributed by atoms with E-state index >= 15 is 0 Å². The molecule has 6 rings (SSSR count). The van der Waals surface area contributed by atoms with Crippen molar-refractivity contribution >= 4 is 37.6 Å². The third-order valence-electron chi connectivity index (χ3n) is 6.49. The molecule has 1 unspecified atom stereocenters. The van der Waals surface area contributed by atoms with Gasteiger partial charge in [-0.2, -0.15) is 0 Å². The molecular weight excluding hydrogens is 378 g/mol. The summed E-state index contributed by atoms with van der Waals surface area (Å²) in [4.78, 5) is 9.24. The largest absolute Gasteiger partial charge is 0.457 e. The van der Waals surface area contributed by atoms with Crippen molar-refractivity contribution in [1.29, 1.82) is 0 Å². The lowest BCUT2D eigenvalue weighted by Crippen LogP contribution is -2.23. The lowest BCUT2D eigenvalue weighted by atomic mass is 9.89. The van der Waals surface area contributed by atoms with Gasteiger partial charge in [0.05, 0.1) is 15.7 Å². The molecule has 0 radical (unpaired) electrons. The minimum atomic E-state index is 0. The lowest BCUT2D eigenvalue weighted by molar-refractivity contribution is 0.354. The summed E-state index contributed by atoms with van der Waals surface area (Å²) in [6, 6.07) is 16.7. The van der Waals surface area contributed by atoms with Gasteiger partial charge in [0.25, 0.3) is 0 Å². The molecule has 29 heavy (non-hydrogen) atoms. The number of anilines is 1. The molecule has 2 aliphatic rings. The van der Waals surface area contributed by atoms with Crippen LogP contribution < -0.4 is 10.1 Å². The van der Waals surface area contributed by atoms with Gasteiger partial charge in [0.15, 0.2) is 5.13 Å². The zero-order valence-electron chi connectivity index (χ0n) is 16.2. The summed E-state index contributed by atoms with van der Waals surface area (Å²) in [5.74, 6) is 3.42. The molecule has 0 saturated heterocycles. The van der Waals surface area contributed by atoms with E-state index in [1.54, 1.807) is 17.5 Å². The number of pyridine rings is 1. The maximum absolute atomic E-state index is 6.22. The Labute approximate surface area is 176 Å². The minimum Gasteiger partial charge on any atom is -0.457 e. The molecule has 150 valence electrons. The van der Waals surface area contributed by atoms with Crippen molar-refractivity contribution in [2.24, 2.45) is 11.8 Å². The first-order valence-corrected chi connectivity index (χ1v) is 11.3. The maximum Gasteiger partial charge on any atom is 0.184 e. The number of fused-ring (bicyclic) bond motifs is 4. The van der Waals surface area contributed by atoms with Gasteiger partial charge in [-0.25, -0.2) is 4.98 Å². The molecule has 4 nitrogen and oxygen atoms in total. The Kier molecular flexibility index (Phi) is 4.15. The highest BCUT2D eigenvalue weighted by atomic mass is 32.1. The molecule has 0 aliphatic heterocycles. The van der Waals surface area contributed by atoms with E-state index in [-0.39, 0.29) is 2.85 Å². The topological polar surface area (TPSA) is 47.0 Å². The monoisotopic (exact) mass is 405 g/mol. The fourth-order valence-corrected chi connectivity index (χ4v) is 6.07. The number of nitrogens with zero attached hydrogens (tertiary/aromatic N) is 2. The lowest BCUT2D eigenvalue weighted by Gasteiger charge is -2.21. The van der Waals surface area contributed by atoms with Crippen LogP contribution in [0.25, 0.3) is 21.1 Å². The normalized spacial score (nSPS) is 23.5. The second kappa shape index (κ2) is 6.99. The summed E-state index contributed by atoms with van der Waals surface area (Å²) >= 11 is 1.73. The number of benzene rings is 2. The van der Waals surface area contributed by atoms with E-state index in [1.807, 2.05) is 36.4 Å². The van der Waals surface area contributed by atoms with Gasteiger partial charge >= 0.3 is 0 Å². The zero-order valence-corrected chi connectivity index (χ0v) is 17.0. The van der Waals surface area contributed by atoms with Gasteiger partial charge < -0.3 is 10.1 Å². The molecular formula is C24H27N3OS. The van der Waals surface area contributed by atoms with Crippen LogP contribution in [0.5, 0.6) is 11.5 Å². The van der Waals surface area contributed by atoms with Crippen molar-refractivity contribution < 1.29 is 7.59 Å². The first-order valence-electron chi connectivity index (χ1n) is 10.5. The fourth-order valence-electron chi connectivity index (χ4n) is 5.11. The molecule has 4 aromatic rings. The molecule has 2 fully saturated rings. The summed E-state index contributed by atoms with van der Waals surface area (Å²) in [5.41, 5.74) is 1.97. The van der Waals surface area contributed by atoms with E-state index in [4.69, 9.17) is 9.72 Å². The van der Waals surface area contributed by atoms with Crippen molar-refractivity contribution in [3.05, 3.63) is 54.7 Å². The number of nitrogens with one attached hydrogen (secondary N) is 1. The van der Waals surface area contributed by atoms with Crippen molar-refractivity contribution in [3.8, 4) is 11.5 Å². The Morgan fingerprint density at radius 3 is 2.97 bits per heavy atom. The van der Waals surface area contributed by atoms with E-state index < -0.39 is 0 Å². The standard InChI is InChI=1S/C24H23N3OS.2H2/c1-2-7-19-18(6-1)22(10-11-25-19)28-17-8-9-20-23(14-17)29-24(26-20)27-21-13-15-4-3-5-16(21)12-15;;/h1-2,6-11,14-16,21H,3-5,12-13H2,(H,26,27);2*1H/t15?,16-,21-;;/m1../s1. The molecule has 2 aliphatic carbocycles. The van der Waals surface area contributed by atoms with Crippen molar-refractivity contribution in [2.75, 3.05) is 5.32 Å². The van der Waals surface area contributed by atoms with Gasteiger partial charge in [-0.15, -0.1) is 0 Å². The van der Waals surface area contributed by atoms with Gasteiger partial charge in [0.2, 0.25) is 0 Å². The Morgan fingerprint density at radius 1 is 1.03 bits per heavy atom. The van der Waals surface area contributed by atoms with Gasteiger partial charge in [0.1, 0.15) is 11.5 Å². The number of aromatic nitrogens is 2.